The standard InChI is InChI=1S/C23H29N5OS/c1-15(2)28-22-19(13-24-28)12-20(17(4)25-22)23(29)26-21-6-5-18(11-16(21)3)14-27-7-9-30-10-8-27/h5-6,11-13,15H,7-10,14H2,1-4H3,(H,26,29). The molecule has 1 N–H and O–H groups in total. The molecule has 1 aromatic carbocycles. The van der Waals surface area contributed by atoms with Crippen molar-refractivity contribution in [2.45, 2.75) is 40.3 Å². The molecule has 4 rings (SSSR count). The summed E-state index contributed by atoms with van der Waals surface area (Å²) < 4.78 is 1.88. The predicted molar refractivity (Wildman–Crippen MR) is 124 cm³/mol. The monoisotopic (exact) mass is 423 g/mol. The zero-order chi connectivity index (χ0) is 21.3. The van der Waals surface area contributed by atoms with E-state index < -0.39 is 0 Å². The van der Waals surface area contributed by atoms with Gasteiger partial charge in [-0.2, -0.15) is 16.9 Å². The number of aromatic nitrogens is 3. The molecule has 6 nitrogen and oxygen atoms in total. The van der Waals surface area contributed by atoms with Crippen LogP contribution in [-0.2, 0) is 6.54 Å². The molecule has 1 saturated heterocycles. The van der Waals surface area contributed by atoms with Gasteiger partial charge in [0, 0.05) is 48.3 Å². The van der Waals surface area contributed by atoms with Crippen LogP contribution in [0.5, 0.6) is 0 Å². The normalized spacial score (nSPS) is 15.1. The summed E-state index contributed by atoms with van der Waals surface area (Å²) in [6.45, 7) is 11.3. The first-order chi connectivity index (χ1) is 14.4. The molecule has 3 heterocycles. The zero-order valence-corrected chi connectivity index (χ0v) is 18.9. The highest BCUT2D eigenvalue weighted by atomic mass is 32.2. The van der Waals surface area contributed by atoms with Crippen molar-refractivity contribution < 1.29 is 4.79 Å². The van der Waals surface area contributed by atoms with Gasteiger partial charge in [0.1, 0.15) is 0 Å². The average molecular weight is 424 g/mol. The first-order valence-corrected chi connectivity index (χ1v) is 11.6. The highest BCUT2D eigenvalue weighted by Crippen LogP contribution is 2.23. The smallest absolute Gasteiger partial charge is 0.257 e. The topological polar surface area (TPSA) is 63.1 Å². The third-order valence-electron chi connectivity index (χ3n) is 5.54. The molecule has 0 bridgehead atoms. The number of hydrogen-bond donors (Lipinski definition) is 1. The average Bonchev–Trinajstić information content (AvgIpc) is 3.13. The van der Waals surface area contributed by atoms with Gasteiger partial charge in [0.05, 0.1) is 17.5 Å². The number of anilines is 1. The first-order valence-electron chi connectivity index (χ1n) is 10.5. The number of rotatable bonds is 5. The number of fused-ring (bicyclic) bond motifs is 1. The Bertz CT molecular complexity index is 1070. The van der Waals surface area contributed by atoms with Crippen molar-refractivity contribution in [3.8, 4) is 0 Å². The van der Waals surface area contributed by atoms with Crippen LogP contribution in [0.4, 0.5) is 5.69 Å². The molecule has 1 fully saturated rings. The first kappa shape index (κ1) is 20.9. The molecule has 1 aliphatic rings. The summed E-state index contributed by atoms with van der Waals surface area (Å²) >= 11 is 2.02. The second-order valence-electron chi connectivity index (χ2n) is 8.21. The second kappa shape index (κ2) is 8.78. The molecular formula is C23H29N5OS. The fraction of sp³-hybridized carbons (Fsp3) is 0.435. The van der Waals surface area contributed by atoms with Crippen LogP contribution >= 0.6 is 11.8 Å². The minimum atomic E-state index is -0.136. The Morgan fingerprint density at radius 1 is 1.20 bits per heavy atom. The summed E-state index contributed by atoms with van der Waals surface area (Å²) in [7, 11) is 0. The Kier molecular flexibility index (Phi) is 6.11. The third kappa shape index (κ3) is 4.37. The summed E-state index contributed by atoms with van der Waals surface area (Å²) in [4.78, 5) is 20.1. The maximum atomic E-state index is 13.0. The Hall–Kier alpha value is -2.38. The fourth-order valence-electron chi connectivity index (χ4n) is 3.84. The molecule has 3 aromatic rings. The number of amides is 1. The van der Waals surface area contributed by atoms with E-state index >= 15 is 0 Å². The summed E-state index contributed by atoms with van der Waals surface area (Å²) in [5.41, 5.74) is 5.31. The lowest BCUT2D eigenvalue weighted by molar-refractivity contribution is 0.102. The molecule has 0 spiro atoms. The molecule has 0 saturated carbocycles. The summed E-state index contributed by atoms with van der Waals surface area (Å²) in [6, 6.07) is 8.42. The van der Waals surface area contributed by atoms with Gasteiger partial charge in [0.15, 0.2) is 5.65 Å². The lowest BCUT2D eigenvalue weighted by Gasteiger charge is -2.26. The van der Waals surface area contributed by atoms with Crippen LogP contribution < -0.4 is 5.32 Å². The van der Waals surface area contributed by atoms with Gasteiger partial charge in [0.25, 0.3) is 5.91 Å². The van der Waals surface area contributed by atoms with Gasteiger partial charge in [-0.3, -0.25) is 9.69 Å². The number of carbonyl (C=O) groups is 1. The largest absolute Gasteiger partial charge is 0.322 e. The number of nitrogens with zero attached hydrogens (tertiary/aromatic N) is 4. The van der Waals surface area contributed by atoms with E-state index in [1.807, 2.05) is 42.4 Å². The van der Waals surface area contributed by atoms with Crippen molar-refractivity contribution in [2.75, 3.05) is 29.9 Å². The Balaban J connectivity index is 1.51. The van der Waals surface area contributed by atoms with Crippen LogP contribution in [0.25, 0.3) is 11.0 Å². The quantitative estimate of drug-likeness (QED) is 0.658. The molecule has 0 aliphatic carbocycles. The van der Waals surface area contributed by atoms with Gasteiger partial charge < -0.3 is 5.32 Å². The van der Waals surface area contributed by atoms with E-state index in [2.05, 4.69) is 46.3 Å². The van der Waals surface area contributed by atoms with Gasteiger partial charge in [-0.25, -0.2) is 9.67 Å². The fourth-order valence-corrected chi connectivity index (χ4v) is 4.82. The third-order valence-corrected chi connectivity index (χ3v) is 6.48. The number of hydrogen-bond acceptors (Lipinski definition) is 5. The van der Waals surface area contributed by atoms with Crippen molar-refractivity contribution in [3.63, 3.8) is 0 Å². The molecule has 1 aliphatic heterocycles. The maximum Gasteiger partial charge on any atom is 0.257 e. The summed E-state index contributed by atoms with van der Waals surface area (Å²) in [6.07, 6.45) is 1.78. The van der Waals surface area contributed by atoms with E-state index in [1.54, 1.807) is 6.20 Å². The van der Waals surface area contributed by atoms with Crippen molar-refractivity contribution in [1.29, 1.82) is 0 Å². The lowest BCUT2D eigenvalue weighted by Crippen LogP contribution is -2.31. The van der Waals surface area contributed by atoms with E-state index in [4.69, 9.17) is 0 Å². The SMILES string of the molecule is Cc1cc(CN2CCSCC2)ccc1NC(=O)c1cc2cnn(C(C)C)c2nc1C. The van der Waals surface area contributed by atoms with Gasteiger partial charge in [-0.15, -0.1) is 0 Å². The van der Waals surface area contributed by atoms with Crippen molar-refractivity contribution in [3.05, 3.63) is 52.8 Å². The predicted octanol–water partition coefficient (Wildman–Crippen LogP) is 4.43. The van der Waals surface area contributed by atoms with Crippen LogP contribution in [0.1, 0.15) is 47.1 Å². The Morgan fingerprint density at radius 2 is 1.97 bits per heavy atom. The van der Waals surface area contributed by atoms with Crippen LogP contribution in [0.3, 0.4) is 0 Å². The van der Waals surface area contributed by atoms with Crippen LogP contribution in [0.15, 0.2) is 30.5 Å². The Morgan fingerprint density at radius 3 is 2.67 bits per heavy atom. The van der Waals surface area contributed by atoms with E-state index in [1.165, 1.54) is 17.1 Å². The lowest BCUT2D eigenvalue weighted by atomic mass is 10.1. The van der Waals surface area contributed by atoms with Crippen molar-refractivity contribution in [2.24, 2.45) is 0 Å². The number of carbonyl (C=O) groups excluding carboxylic acids is 1. The van der Waals surface area contributed by atoms with E-state index in [0.717, 1.165) is 41.9 Å². The molecule has 2 aromatic heterocycles. The van der Waals surface area contributed by atoms with Crippen LogP contribution in [0.2, 0.25) is 0 Å². The van der Waals surface area contributed by atoms with Crippen molar-refractivity contribution >= 4 is 34.4 Å². The van der Waals surface area contributed by atoms with Gasteiger partial charge in [0.2, 0.25) is 0 Å². The molecule has 1 amide bonds. The van der Waals surface area contributed by atoms with Gasteiger partial charge >= 0.3 is 0 Å². The minimum absolute atomic E-state index is 0.136. The second-order valence-corrected chi connectivity index (χ2v) is 9.43. The highest BCUT2D eigenvalue weighted by Gasteiger charge is 2.17. The van der Waals surface area contributed by atoms with E-state index in [9.17, 15) is 4.79 Å². The number of benzene rings is 1. The molecule has 30 heavy (non-hydrogen) atoms. The van der Waals surface area contributed by atoms with Crippen molar-refractivity contribution in [1.82, 2.24) is 19.7 Å². The molecule has 158 valence electrons. The van der Waals surface area contributed by atoms with E-state index in [0.29, 0.717) is 11.3 Å². The van der Waals surface area contributed by atoms with Crippen LogP contribution in [0, 0.1) is 13.8 Å². The number of nitrogens with one attached hydrogen (secondary N) is 1. The van der Waals surface area contributed by atoms with Gasteiger partial charge in [-0.1, -0.05) is 12.1 Å². The molecular weight excluding hydrogens is 394 g/mol. The zero-order valence-electron chi connectivity index (χ0n) is 18.1. The number of thioether (sulfide) groups is 1. The molecule has 0 unspecified atom stereocenters. The highest BCUT2D eigenvalue weighted by molar-refractivity contribution is 7.99. The Labute approximate surface area is 182 Å². The molecule has 7 heteroatoms. The summed E-state index contributed by atoms with van der Waals surface area (Å²) in [5.74, 6) is 2.28. The summed E-state index contributed by atoms with van der Waals surface area (Å²) in [5, 5.41) is 8.36. The van der Waals surface area contributed by atoms with Crippen LogP contribution in [-0.4, -0.2) is 50.2 Å². The van der Waals surface area contributed by atoms with E-state index in [-0.39, 0.29) is 11.9 Å². The number of pyridine rings is 1. The molecule has 0 radical (unpaired) electrons. The minimum Gasteiger partial charge on any atom is -0.322 e. The number of aryl methyl sites for hydroxylation is 2. The van der Waals surface area contributed by atoms with Gasteiger partial charge in [-0.05, 0) is 51.0 Å². The maximum absolute atomic E-state index is 13.0. The molecule has 0 atom stereocenters.